The molecule has 0 bridgehead atoms. The van der Waals surface area contributed by atoms with Gasteiger partial charge in [-0.25, -0.2) is 0 Å². The highest BCUT2D eigenvalue weighted by atomic mass is 16.6. The van der Waals surface area contributed by atoms with Crippen LogP contribution in [0.15, 0.2) is 0 Å². The molecule has 10 heteroatoms. The van der Waals surface area contributed by atoms with Gasteiger partial charge in [0, 0.05) is 19.3 Å². The van der Waals surface area contributed by atoms with Gasteiger partial charge in [0.2, 0.25) is 0 Å². The highest BCUT2D eigenvalue weighted by molar-refractivity contribution is 5.70. The summed E-state index contributed by atoms with van der Waals surface area (Å²) in [5.41, 5.74) is 0. The smallest absolute Gasteiger partial charge is 0.306 e. The summed E-state index contributed by atoms with van der Waals surface area (Å²) in [6.45, 7) is 0.879. The van der Waals surface area contributed by atoms with E-state index in [1.807, 2.05) is 0 Å². The monoisotopic (exact) mass is 548 g/mol. The summed E-state index contributed by atoms with van der Waals surface area (Å²) >= 11 is 0. The minimum absolute atomic E-state index is 0.0997. The molecule has 0 aliphatic heterocycles. The van der Waals surface area contributed by atoms with Crippen LogP contribution in [0.5, 0.6) is 0 Å². The number of aliphatic hydroxyl groups excluding tert-OH is 4. The van der Waals surface area contributed by atoms with Gasteiger partial charge in [-0.2, -0.15) is 0 Å². The Kier molecular flexibility index (Phi) is 23.2. The van der Waals surface area contributed by atoms with Gasteiger partial charge >= 0.3 is 17.9 Å². The van der Waals surface area contributed by atoms with Gasteiger partial charge in [0.1, 0.15) is 24.9 Å². The standard InChI is InChI=1S/C28H52O10/c1-2-3-4-5-6-7-8-9-10-11-12-13-14-18-25(33)37-21-23(28(36)27(35)22(30)20-29)38-26(34)19-16-15-17-24(31)32/h22-23,27-30,35-36H,2-21H2,1H3,(H,31,32)/t22-,23+,27-,28-/m1/s1. The van der Waals surface area contributed by atoms with Crippen molar-refractivity contribution in [1.82, 2.24) is 0 Å². The molecular weight excluding hydrogens is 496 g/mol. The fourth-order valence-corrected chi connectivity index (χ4v) is 4.07. The Balaban J connectivity index is 4.24. The first kappa shape index (κ1) is 36.2. The third-order valence-corrected chi connectivity index (χ3v) is 6.51. The number of carboxylic acids is 1. The second-order valence-corrected chi connectivity index (χ2v) is 10.0. The van der Waals surface area contributed by atoms with Gasteiger partial charge in [-0.3, -0.25) is 14.4 Å². The number of esters is 2. The van der Waals surface area contributed by atoms with Crippen molar-refractivity contribution in [3.8, 4) is 0 Å². The van der Waals surface area contributed by atoms with Crippen LogP contribution in [-0.4, -0.2) is 81.1 Å². The van der Waals surface area contributed by atoms with Gasteiger partial charge in [-0.1, -0.05) is 84.0 Å². The summed E-state index contributed by atoms with van der Waals surface area (Å²) in [6.07, 6.45) is 9.06. The van der Waals surface area contributed by atoms with E-state index < -0.39 is 55.5 Å². The molecule has 0 aromatic rings. The Bertz CT molecular complexity index is 612. The summed E-state index contributed by atoms with van der Waals surface area (Å²) in [6, 6.07) is 0. The fraction of sp³-hybridized carbons (Fsp3) is 0.893. The molecular formula is C28H52O10. The van der Waals surface area contributed by atoms with Crippen LogP contribution in [0.3, 0.4) is 0 Å². The molecule has 0 saturated carbocycles. The fourth-order valence-electron chi connectivity index (χ4n) is 4.07. The zero-order valence-corrected chi connectivity index (χ0v) is 23.2. The number of ether oxygens (including phenoxy) is 2. The summed E-state index contributed by atoms with van der Waals surface area (Å²) in [7, 11) is 0. The highest BCUT2D eigenvalue weighted by Gasteiger charge is 2.34. The van der Waals surface area contributed by atoms with Gasteiger partial charge in [-0.15, -0.1) is 0 Å². The molecule has 0 aromatic carbocycles. The van der Waals surface area contributed by atoms with E-state index in [2.05, 4.69) is 6.92 Å². The maximum absolute atomic E-state index is 12.1. The molecule has 0 aromatic heterocycles. The number of carbonyl (C=O) groups is 3. The molecule has 0 saturated heterocycles. The number of aliphatic carboxylic acids is 1. The topological polar surface area (TPSA) is 171 Å². The zero-order valence-electron chi connectivity index (χ0n) is 23.2. The number of aliphatic hydroxyl groups is 4. The summed E-state index contributed by atoms with van der Waals surface area (Å²) in [5.74, 6) is -2.28. The lowest BCUT2D eigenvalue weighted by Gasteiger charge is -2.28. The number of rotatable bonds is 26. The molecule has 0 heterocycles. The van der Waals surface area contributed by atoms with Crippen LogP contribution < -0.4 is 0 Å². The van der Waals surface area contributed by atoms with Crippen molar-refractivity contribution in [3.05, 3.63) is 0 Å². The van der Waals surface area contributed by atoms with Crippen LogP contribution in [0.4, 0.5) is 0 Å². The quantitative estimate of drug-likeness (QED) is 0.0794. The molecule has 0 rings (SSSR count). The lowest BCUT2D eigenvalue weighted by atomic mass is 10.0. The minimum atomic E-state index is -1.83. The van der Waals surface area contributed by atoms with E-state index >= 15 is 0 Å². The predicted octanol–water partition coefficient (Wildman–Crippen LogP) is 3.64. The summed E-state index contributed by atoms with van der Waals surface area (Å²) in [5, 5.41) is 47.6. The first-order chi connectivity index (χ1) is 18.2. The molecule has 0 amide bonds. The number of carboxylic acid groups (broad SMARTS) is 1. The molecule has 38 heavy (non-hydrogen) atoms. The van der Waals surface area contributed by atoms with E-state index in [1.54, 1.807) is 0 Å². The van der Waals surface area contributed by atoms with Gasteiger partial charge in [0.05, 0.1) is 6.61 Å². The molecule has 4 atom stereocenters. The lowest BCUT2D eigenvalue weighted by Crippen LogP contribution is -2.49. The highest BCUT2D eigenvalue weighted by Crippen LogP contribution is 2.15. The number of hydrogen-bond donors (Lipinski definition) is 5. The maximum atomic E-state index is 12.1. The van der Waals surface area contributed by atoms with E-state index in [0.717, 1.165) is 19.3 Å². The average Bonchev–Trinajstić information content (AvgIpc) is 2.90. The average molecular weight is 549 g/mol. The molecule has 0 radical (unpaired) electrons. The number of carbonyl (C=O) groups excluding carboxylic acids is 2. The second kappa shape index (κ2) is 24.3. The molecule has 10 nitrogen and oxygen atoms in total. The van der Waals surface area contributed by atoms with E-state index in [9.17, 15) is 29.7 Å². The first-order valence-electron chi connectivity index (χ1n) is 14.4. The largest absolute Gasteiger partial charge is 0.481 e. The molecule has 0 spiro atoms. The van der Waals surface area contributed by atoms with Gasteiger partial charge in [0.25, 0.3) is 0 Å². The SMILES string of the molecule is CCCCCCCCCCCCCCCC(=O)OC[C@H](OC(=O)CCCCC(=O)O)[C@@H](O)[C@H](O)[C@H](O)CO. The van der Waals surface area contributed by atoms with Gasteiger partial charge < -0.3 is 35.0 Å². The van der Waals surface area contributed by atoms with Crippen LogP contribution in [-0.2, 0) is 23.9 Å². The normalized spacial score (nSPS) is 14.4. The third kappa shape index (κ3) is 20.2. The van der Waals surface area contributed by atoms with E-state index in [-0.39, 0.29) is 32.1 Å². The Morgan fingerprint density at radius 1 is 0.632 bits per heavy atom. The van der Waals surface area contributed by atoms with Gasteiger partial charge in [0.15, 0.2) is 6.10 Å². The zero-order chi connectivity index (χ0) is 28.6. The molecule has 0 unspecified atom stereocenters. The maximum Gasteiger partial charge on any atom is 0.306 e. The molecule has 0 fully saturated rings. The molecule has 224 valence electrons. The predicted molar refractivity (Wildman–Crippen MR) is 142 cm³/mol. The Morgan fingerprint density at radius 3 is 1.58 bits per heavy atom. The van der Waals surface area contributed by atoms with Gasteiger partial charge in [-0.05, 0) is 19.3 Å². The number of hydrogen-bond acceptors (Lipinski definition) is 9. The second-order valence-electron chi connectivity index (χ2n) is 10.0. The van der Waals surface area contributed by atoms with E-state index in [1.165, 1.54) is 57.8 Å². The Morgan fingerprint density at radius 2 is 1.08 bits per heavy atom. The Hall–Kier alpha value is -1.75. The number of unbranched alkanes of at least 4 members (excludes halogenated alkanes) is 13. The molecule has 5 N–H and O–H groups in total. The van der Waals surface area contributed by atoms with Crippen molar-refractivity contribution in [2.75, 3.05) is 13.2 Å². The van der Waals surface area contributed by atoms with Crippen LogP contribution in [0, 0.1) is 0 Å². The lowest BCUT2D eigenvalue weighted by molar-refractivity contribution is -0.178. The van der Waals surface area contributed by atoms with Crippen molar-refractivity contribution in [3.63, 3.8) is 0 Å². The van der Waals surface area contributed by atoms with Crippen molar-refractivity contribution >= 4 is 17.9 Å². The minimum Gasteiger partial charge on any atom is -0.481 e. The molecule has 0 aliphatic carbocycles. The summed E-state index contributed by atoms with van der Waals surface area (Å²) < 4.78 is 10.3. The third-order valence-electron chi connectivity index (χ3n) is 6.51. The van der Waals surface area contributed by atoms with Crippen molar-refractivity contribution in [2.45, 2.75) is 147 Å². The van der Waals surface area contributed by atoms with E-state index in [0.29, 0.717) is 6.42 Å². The van der Waals surface area contributed by atoms with Crippen LogP contribution in [0.25, 0.3) is 0 Å². The van der Waals surface area contributed by atoms with Crippen LogP contribution in [0.2, 0.25) is 0 Å². The summed E-state index contributed by atoms with van der Waals surface area (Å²) in [4.78, 5) is 34.8. The molecule has 0 aliphatic rings. The Labute approximate surface area is 227 Å². The van der Waals surface area contributed by atoms with Crippen LogP contribution in [0.1, 0.15) is 122 Å². The van der Waals surface area contributed by atoms with Crippen molar-refractivity contribution in [1.29, 1.82) is 0 Å². The van der Waals surface area contributed by atoms with E-state index in [4.69, 9.17) is 19.7 Å². The van der Waals surface area contributed by atoms with Crippen molar-refractivity contribution in [2.24, 2.45) is 0 Å². The first-order valence-corrected chi connectivity index (χ1v) is 14.4. The van der Waals surface area contributed by atoms with Crippen molar-refractivity contribution < 1.29 is 49.4 Å². The van der Waals surface area contributed by atoms with Crippen LogP contribution >= 0.6 is 0 Å².